The minimum Gasteiger partial charge on any atom is -0.454 e. The van der Waals surface area contributed by atoms with Gasteiger partial charge < -0.3 is 19.2 Å². The number of fused-ring (bicyclic) bond motifs is 2. The van der Waals surface area contributed by atoms with Gasteiger partial charge in [0.2, 0.25) is 12.7 Å². The lowest BCUT2D eigenvalue weighted by atomic mass is 10.2. The molecule has 3 N–H and O–H groups in total. The number of carbonyl (C=O) groups is 1. The number of nitrogens with zero attached hydrogens (tertiary/aromatic N) is 2. The maximum atomic E-state index is 11.8. The Morgan fingerprint density at radius 2 is 2.21 bits per heavy atom. The topological polar surface area (TPSA) is 131 Å². The second-order valence-corrected chi connectivity index (χ2v) is 4.90. The lowest BCUT2D eigenvalue weighted by Gasteiger charge is -2.07. The summed E-state index contributed by atoms with van der Waals surface area (Å²) in [7, 11) is 0. The molecule has 10 nitrogen and oxygen atoms in total. The van der Waals surface area contributed by atoms with E-state index in [1.807, 2.05) is 0 Å². The number of hydrogen-bond donors (Lipinski definition) is 3. The second-order valence-electron chi connectivity index (χ2n) is 4.90. The van der Waals surface area contributed by atoms with Crippen molar-refractivity contribution in [1.29, 1.82) is 0 Å². The van der Waals surface area contributed by atoms with Gasteiger partial charge in [-0.15, -0.1) is 0 Å². The van der Waals surface area contributed by atoms with Gasteiger partial charge >= 0.3 is 6.09 Å². The summed E-state index contributed by atoms with van der Waals surface area (Å²) in [4.78, 5) is 36.5. The number of amides is 1. The molecule has 0 saturated heterocycles. The second kappa shape index (κ2) is 5.57. The highest BCUT2D eigenvalue weighted by Crippen LogP contribution is 2.32. The molecule has 1 aliphatic heterocycles. The summed E-state index contributed by atoms with van der Waals surface area (Å²) in [6, 6.07) is 5.23. The number of nitrogens with one attached hydrogen (secondary N) is 3. The molecule has 0 bridgehead atoms. The van der Waals surface area contributed by atoms with E-state index in [9.17, 15) is 9.59 Å². The molecule has 10 heteroatoms. The highest BCUT2D eigenvalue weighted by atomic mass is 16.7. The summed E-state index contributed by atoms with van der Waals surface area (Å²) in [5, 5.41) is 2.35. The Bertz CT molecular complexity index is 979. The third-order valence-corrected chi connectivity index (χ3v) is 3.32. The summed E-state index contributed by atoms with van der Waals surface area (Å²) in [5.41, 5.74) is 0.723. The van der Waals surface area contributed by atoms with E-state index in [0.29, 0.717) is 11.5 Å². The van der Waals surface area contributed by atoms with Crippen LogP contribution in [0.4, 0.5) is 10.7 Å². The van der Waals surface area contributed by atoms with Gasteiger partial charge in [0, 0.05) is 0 Å². The number of ether oxygens (including phenoxy) is 3. The first kappa shape index (κ1) is 14.1. The molecular formula is C14H11N5O5. The largest absolute Gasteiger partial charge is 0.454 e. The molecule has 0 spiro atoms. The Hall–Kier alpha value is -3.56. The summed E-state index contributed by atoms with van der Waals surface area (Å²) in [6.07, 6.45) is 0.583. The first-order valence-corrected chi connectivity index (χ1v) is 6.95. The van der Waals surface area contributed by atoms with Crippen LogP contribution in [-0.2, 0) is 11.3 Å². The first-order chi connectivity index (χ1) is 11.7. The fourth-order valence-electron chi connectivity index (χ4n) is 2.21. The molecule has 3 heterocycles. The van der Waals surface area contributed by atoms with Crippen LogP contribution in [0.15, 0.2) is 29.3 Å². The molecule has 0 aliphatic carbocycles. The monoisotopic (exact) mass is 329 g/mol. The van der Waals surface area contributed by atoms with Crippen molar-refractivity contribution in [3.63, 3.8) is 0 Å². The molecule has 1 amide bonds. The number of H-pyrrole nitrogens is 2. The zero-order chi connectivity index (χ0) is 16.5. The SMILES string of the molecule is O=C(Nc1nc2nc[nH]c2c(=O)[nH]1)OCc1ccc2c(c1)OCO2. The molecule has 24 heavy (non-hydrogen) atoms. The molecule has 0 saturated carbocycles. The standard InChI is InChI=1S/C14H11N5O5/c20-12-10-11(16-5-15-10)17-13(18-12)19-14(21)22-4-7-1-2-8-9(3-7)24-6-23-8/h1-3,5H,4,6H2,(H3,15,16,17,18,19,20,21). The predicted octanol–water partition coefficient (Wildman–Crippen LogP) is 1.12. The van der Waals surface area contributed by atoms with Crippen molar-refractivity contribution in [2.45, 2.75) is 6.61 Å². The molecular weight excluding hydrogens is 318 g/mol. The highest BCUT2D eigenvalue weighted by molar-refractivity contribution is 5.83. The number of aromatic amines is 2. The van der Waals surface area contributed by atoms with Crippen LogP contribution in [0.5, 0.6) is 11.5 Å². The van der Waals surface area contributed by atoms with Gasteiger partial charge in [-0.05, 0) is 17.7 Å². The van der Waals surface area contributed by atoms with E-state index in [1.165, 1.54) is 6.33 Å². The van der Waals surface area contributed by atoms with Crippen molar-refractivity contribution in [2.24, 2.45) is 0 Å². The van der Waals surface area contributed by atoms with E-state index in [1.54, 1.807) is 18.2 Å². The molecule has 0 unspecified atom stereocenters. The van der Waals surface area contributed by atoms with Crippen LogP contribution in [0, 0.1) is 0 Å². The van der Waals surface area contributed by atoms with Gasteiger partial charge in [-0.2, -0.15) is 4.98 Å². The van der Waals surface area contributed by atoms with E-state index < -0.39 is 11.7 Å². The number of rotatable bonds is 3. The zero-order valence-electron chi connectivity index (χ0n) is 12.2. The number of imidazole rings is 1. The van der Waals surface area contributed by atoms with Gasteiger partial charge in [-0.3, -0.25) is 15.1 Å². The van der Waals surface area contributed by atoms with Crippen molar-refractivity contribution in [2.75, 3.05) is 12.1 Å². The fourth-order valence-corrected chi connectivity index (χ4v) is 2.21. The average molecular weight is 329 g/mol. The van der Waals surface area contributed by atoms with Crippen molar-refractivity contribution in [3.05, 3.63) is 40.4 Å². The molecule has 0 radical (unpaired) electrons. The summed E-state index contributed by atoms with van der Waals surface area (Å²) in [5.74, 6) is 1.21. The van der Waals surface area contributed by atoms with Crippen LogP contribution in [0.1, 0.15) is 5.56 Å². The van der Waals surface area contributed by atoms with Gasteiger partial charge in [-0.1, -0.05) is 6.07 Å². The van der Waals surface area contributed by atoms with Gasteiger partial charge in [0.15, 0.2) is 22.7 Å². The Morgan fingerprint density at radius 3 is 3.12 bits per heavy atom. The quantitative estimate of drug-likeness (QED) is 0.656. The zero-order valence-corrected chi connectivity index (χ0v) is 12.2. The fraction of sp³-hybridized carbons (Fsp3) is 0.143. The number of aromatic nitrogens is 4. The maximum Gasteiger partial charge on any atom is 0.414 e. The minimum atomic E-state index is -0.759. The minimum absolute atomic E-state index is 0.0252. The van der Waals surface area contributed by atoms with Crippen LogP contribution < -0.4 is 20.3 Å². The molecule has 1 aromatic carbocycles. The van der Waals surface area contributed by atoms with E-state index in [2.05, 4.69) is 25.3 Å². The van der Waals surface area contributed by atoms with Crippen LogP contribution >= 0.6 is 0 Å². The Kier molecular flexibility index (Phi) is 3.26. The summed E-state index contributed by atoms with van der Waals surface area (Å²) < 4.78 is 15.5. The molecule has 1 aliphatic rings. The van der Waals surface area contributed by atoms with Crippen molar-refractivity contribution >= 4 is 23.2 Å². The lowest BCUT2D eigenvalue weighted by Crippen LogP contribution is -2.19. The summed E-state index contributed by atoms with van der Waals surface area (Å²) in [6.45, 7) is 0.201. The summed E-state index contributed by atoms with van der Waals surface area (Å²) >= 11 is 0. The Morgan fingerprint density at radius 1 is 1.33 bits per heavy atom. The third-order valence-electron chi connectivity index (χ3n) is 3.32. The third kappa shape index (κ3) is 2.60. The molecule has 3 aromatic rings. The van der Waals surface area contributed by atoms with Crippen LogP contribution in [0.2, 0.25) is 0 Å². The molecule has 122 valence electrons. The van der Waals surface area contributed by atoms with Crippen molar-refractivity contribution < 1.29 is 19.0 Å². The normalized spacial score (nSPS) is 12.3. The molecule has 0 atom stereocenters. The molecule has 4 rings (SSSR count). The maximum absolute atomic E-state index is 11.8. The van der Waals surface area contributed by atoms with Crippen LogP contribution in [0.25, 0.3) is 11.2 Å². The van der Waals surface area contributed by atoms with E-state index >= 15 is 0 Å². The lowest BCUT2D eigenvalue weighted by molar-refractivity contribution is 0.154. The van der Waals surface area contributed by atoms with Gasteiger partial charge in [0.05, 0.1) is 6.33 Å². The number of carbonyl (C=O) groups excluding carboxylic acids is 1. The molecule has 2 aromatic heterocycles. The average Bonchev–Trinajstić information content (AvgIpc) is 3.21. The predicted molar refractivity (Wildman–Crippen MR) is 80.9 cm³/mol. The van der Waals surface area contributed by atoms with E-state index in [-0.39, 0.29) is 30.5 Å². The van der Waals surface area contributed by atoms with Crippen molar-refractivity contribution in [3.8, 4) is 11.5 Å². The first-order valence-electron chi connectivity index (χ1n) is 6.95. The Balaban J connectivity index is 1.41. The van der Waals surface area contributed by atoms with Crippen molar-refractivity contribution in [1.82, 2.24) is 19.9 Å². The van der Waals surface area contributed by atoms with Gasteiger partial charge in [0.1, 0.15) is 6.61 Å². The Labute approximate surface area is 133 Å². The van der Waals surface area contributed by atoms with E-state index in [0.717, 1.165) is 5.56 Å². The van der Waals surface area contributed by atoms with Crippen LogP contribution in [-0.4, -0.2) is 32.8 Å². The van der Waals surface area contributed by atoms with Gasteiger partial charge in [-0.25, -0.2) is 9.78 Å². The number of hydrogen-bond acceptors (Lipinski definition) is 7. The smallest absolute Gasteiger partial charge is 0.414 e. The van der Waals surface area contributed by atoms with E-state index in [4.69, 9.17) is 14.2 Å². The number of benzene rings is 1. The number of anilines is 1. The highest BCUT2D eigenvalue weighted by Gasteiger charge is 2.14. The molecule has 0 fully saturated rings. The van der Waals surface area contributed by atoms with Gasteiger partial charge in [0.25, 0.3) is 5.56 Å². The van der Waals surface area contributed by atoms with Crippen LogP contribution in [0.3, 0.4) is 0 Å².